The van der Waals surface area contributed by atoms with Gasteiger partial charge in [-0.3, -0.25) is 0 Å². The van der Waals surface area contributed by atoms with Crippen molar-refractivity contribution in [3.63, 3.8) is 0 Å². The van der Waals surface area contributed by atoms with Crippen LogP contribution >= 0.6 is 0 Å². The first kappa shape index (κ1) is 12.7. The lowest BCUT2D eigenvalue weighted by Gasteiger charge is -2.05. The second-order valence-electron chi connectivity index (χ2n) is 3.99. The van der Waals surface area contributed by atoms with Crippen LogP contribution in [-0.4, -0.2) is 16.5 Å². The number of nitrogens with zero attached hydrogens (tertiary/aromatic N) is 2. The zero-order chi connectivity index (χ0) is 11.6. The van der Waals surface area contributed by atoms with Gasteiger partial charge in [-0.2, -0.15) is 4.98 Å². The highest BCUT2D eigenvalue weighted by molar-refractivity contribution is 5.36. The van der Waals surface area contributed by atoms with Gasteiger partial charge in [0, 0.05) is 12.7 Å². The number of hydrogen-bond acceptors (Lipinski definition) is 4. The molecule has 16 heavy (non-hydrogen) atoms. The van der Waals surface area contributed by atoms with Crippen LogP contribution < -0.4 is 11.1 Å². The molecule has 4 heteroatoms. The maximum Gasteiger partial charge on any atom is 0.221 e. The van der Waals surface area contributed by atoms with E-state index in [-0.39, 0.29) is 0 Å². The van der Waals surface area contributed by atoms with Crippen LogP contribution in [0, 0.1) is 0 Å². The van der Waals surface area contributed by atoms with Gasteiger partial charge in [-0.05, 0) is 12.5 Å². The van der Waals surface area contributed by atoms with Gasteiger partial charge in [0.1, 0.15) is 5.82 Å². The molecule has 0 aliphatic heterocycles. The van der Waals surface area contributed by atoms with Crippen molar-refractivity contribution in [2.45, 2.75) is 45.4 Å². The fourth-order valence-corrected chi connectivity index (χ4v) is 1.59. The van der Waals surface area contributed by atoms with Crippen LogP contribution in [0.25, 0.3) is 0 Å². The Labute approximate surface area is 97.7 Å². The zero-order valence-corrected chi connectivity index (χ0v) is 10.1. The summed E-state index contributed by atoms with van der Waals surface area (Å²) in [5.41, 5.74) is 5.48. The number of nitrogen functional groups attached to an aromatic ring is 1. The molecule has 0 saturated heterocycles. The Morgan fingerprint density at radius 1 is 1.19 bits per heavy atom. The Kier molecular flexibility index (Phi) is 6.30. The molecule has 1 heterocycles. The van der Waals surface area contributed by atoms with E-state index in [0.717, 1.165) is 12.4 Å². The molecule has 0 unspecified atom stereocenters. The van der Waals surface area contributed by atoms with Crippen LogP contribution in [0.3, 0.4) is 0 Å². The van der Waals surface area contributed by atoms with Crippen molar-refractivity contribution in [2.75, 3.05) is 17.6 Å². The molecule has 1 aromatic rings. The fraction of sp³-hybridized carbons (Fsp3) is 0.667. The molecule has 0 saturated carbocycles. The Hall–Kier alpha value is -1.32. The van der Waals surface area contributed by atoms with Gasteiger partial charge >= 0.3 is 0 Å². The van der Waals surface area contributed by atoms with E-state index < -0.39 is 0 Å². The van der Waals surface area contributed by atoms with E-state index >= 15 is 0 Å². The van der Waals surface area contributed by atoms with Crippen molar-refractivity contribution in [1.82, 2.24) is 9.97 Å². The van der Waals surface area contributed by atoms with Gasteiger partial charge < -0.3 is 11.1 Å². The summed E-state index contributed by atoms with van der Waals surface area (Å²) in [4.78, 5) is 7.92. The lowest BCUT2D eigenvalue weighted by Crippen LogP contribution is -2.05. The van der Waals surface area contributed by atoms with Crippen LogP contribution in [0.5, 0.6) is 0 Å². The molecule has 0 radical (unpaired) electrons. The minimum atomic E-state index is 0.327. The maximum absolute atomic E-state index is 5.48. The van der Waals surface area contributed by atoms with Crippen molar-refractivity contribution in [3.8, 4) is 0 Å². The third-order valence-corrected chi connectivity index (χ3v) is 2.51. The molecule has 0 atom stereocenters. The molecule has 0 spiro atoms. The van der Waals surface area contributed by atoms with Crippen LogP contribution in [-0.2, 0) is 0 Å². The van der Waals surface area contributed by atoms with Crippen molar-refractivity contribution >= 4 is 11.8 Å². The van der Waals surface area contributed by atoms with Crippen LogP contribution in [0.2, 0.25) is 0 Å². The predicted octanol–water partition coefficient (Wildman–Crippen LogP) is 2.83. The molecule has 0 aliphatic rings. The summed E-state index contributed by atoms with van der Waals surface area (Å²) < 4.78 is 0. The van der Waals surface area contributed by atoms with E-state index in [9.17, 15) is 0 Å². The Bertz CT molecular complexity index is 288. The molecular weight excluding hydrogens is 200 g/mol. The van der Waals surface area contributed by atoms with E-state index in [1.165, 1.54) is 38.5 Å². The largest absolute Gasteiger partial charge is 0.370 e. The summed E-state index contributed by atoms with van der Waals surface area (Å²) in [5.74, 6) is 1.15. The summed E-state index contributed by atoms with van der Waals surface area (Å²) in [5, 5.41) is 3.25. The van der Waals surface area contributed by atoms with Gasteiger partial charge in [0.05, 0.1) is 0 Å². The van der Waals surface area contributed by atoms with E-state index in [1.54, 1.807) is 6.20 Å². The third kappa shape index (κ3) is 5.53. The zero-order valence-electron chi connectivity index (χ0n) is 10.1. The van der Waals surface area contributed by atoms with Gasteiger partial charge in [0.15, 0.2) is 0 Å². The van der Waals surface area contributed by atoms with E-state index in [1.807, 2.05) is 6.07 Å². The third-order valence-electron chi connectivity index (χ3n) is 2.51. The van der Waals surface area contributed by atoms with E-state index in [0.29, 0.717) is 5.95 Å². The van der Waals surface area contributed by atoms with Gasteiger partial charge in [-0.1, -0.05) is 39.0 Å². The monoisotopic (exact) mass is 222 g/mol. The number of nitrogens with two attached hydrogens (primary N) is 1. The number of anilines is 2. The van der Waals surface area contributed by atoms with Gasteiger partial charge in [0.2, 0.25) is 5.95 Å². The van der Waals surface area contributed by atoms with Gasteiger partial charge in [-0.15, -0.1) is 0 Å². The normalized spacial score (nSPS) is 10.3. The quantitative estimate of drug-likeness (QED) is 0.664. The number of unbranched alkanes of at least 4 members (excludes halogenated alkanes) is 5. The predicted molar refractivity (Wildman–Crippen MR) is 68.3 cm³/mol. The summed E-state index contributed by atoms with van der Waals surface area (Å²) in [7, 11) is 0. The molecule has 4 nitrogen and oxygen atoms in total. The van der Waals surface area contributed by atoms with Crippen molar-refractivity contribution in [2.24, 2.45) is 0 Å². The molecule has 3 N–H and O–H groups in total. The van der Waals surface area contributed by atoms with Crippen molar-refractivity contribution in [3.05, 3.63) is 12.3 Å². The smallest absolute Gasteiger partial charge is 0.221 e. The van der Waals surface area contributed by atoms with Crippen molar-refractivity contribution < 1.29 is 0 Å². The SMILES string of the molecule is CCCCCCCCNc1ccnc(N)n1. The molecule has 0 amide bonds. The van der Waals surface area contributed by atoms with Crippen LogP contribution in [0.1, 0.15) is 45.4 Å². The number of hydrogen-bond donors (Lipinski definition) is 2. The number of aromatic nitrogens is 2. The number of nitrogens with one attached hydrogen (secondary N) is 1. The average Bonchev–Trinajstić information content (AvgIpc) is 2.28. The average molecular weight is 222 g/mol. The lowest BCUT2D eigenvalue weighted by atomic mass is 10.1. The summed E-state index contributed by atoms with van der Waals surface area (Å²) in [6.07, 6.45) is 9.50. The molecule has 0 bridgehead atoms. The second-order valence-corrected chi connectivity index (χ2v) is 3.99. The Morgan fingerprint density at radius 3 is 2.69 bits per heavy atom. The molecule has 1 rings (SSSR count). The van der Waals surface area contributed by atoms with Gasteiger partial charge in [0.25, 0.3) is 0 Å². The van der Waals surface area contributed by atoms with Crippen molar-refractivity contribution in [1.29, 1.82) is 0 Å². The molecular formula is C12H22N4. The van der Waals surface area contributed by atoms with E-state index in [4.69, 9.17) is 5.73 Å². The first-order chi connectivity index (χ1) is 7.83. The molecule has 90 valence electrons. The van der Waals surface area contributed by atoms with Gasteiger partial charge in [-0.25, -0.2) is 4.98 Å². The number of rotatable bonds is 8. The molecule has 1 aromatic heterocycles. The topological polar surface area (TPSA) is 63.8 Å². The standard InChI is InChI=1S/C12H22N4/c1-2-3-4-5-6-7-9-14-11-8-10-15-12(13)16-11/h8,10H,2-7,9H2,1H3,(H3,13,14,15,16). The second kappa shape index (κ2) is 7.91. The highest BCUT2D eigenvalue weighted by Gasteiger charge is 1.94. The first-order valence-electron chi connectivity index (χ1n) is 6.15. The molecule has 0 aromatic carbocycles. The summed E-state index contributed by atoms with van der Waals surface area (Å²) in [6.45, 7) is 3.20. The molecule has 0 fully saturated rings. The lowest BCUT2D eigenvalue weighted by molar-refractivity contribution is 0.617. The van der Waals surface area contributed by atoms with Crippen LogP contribution in [0.15, 0.2) is 12.3 Å². The molecule has 0 aliphatic carbocycles. The summed E-state index contributed by atoms with van der Waals surface area (Å²) >= 11 is 0. The highest BCUT2D eigenvalue weighted by atomic mass is 15.1. The Morgan fingerprint density at radius 2 is 1.94 bits per heavy atom. The summed E-state index contributed by atoms with van der Waals surface area (Å²) in [6, 6.07) is 1.84. The Balaban J connectivity index is 2.03. The minimum absolute atomic E-state index is 0.327. The van der Waals surface area contributed by atoms with E-state index in [2.05, 4.69) is 22.2 Å². The highest BCUT2D eigenvalue weighted by Crippen LogP contribution is 2.06. The minimum Gasteiger partial charge on any atom is -0.370 e. The van der Waals surface area contributed by atoms with Crippen LogP contribution in [0.4, 0.5) is 11.8 Å². The fourth-order valence-electron chi connectivity index (χ4n) is 1.59. The first-order valence-corrected chi connectivity index (χ1v) is 6.15. The maximum atomic E-state index is 5.48.